The van der Waals surface area contributed by atoms with Gasteiger partial charge in [-0.15, -0.1) is 0 Å². The Morgan fingerprint density at radius 2 is 1.92 bits per heavy atom. The maximum atomic E-state index is 13.0. The Morgan fingerprint density at radius 3 is 2.54 bits per heavy atom. The van der Waals surface area contributed by atoms with Crippen molar-refractivity contribution in [3.05, 3.63) is 50.7 Å². The smallest absolute Gasteiger partial charge is 0.333 e. The summed E-state index contributed by atoms with van der Waals surface area (Å²) in [5.41, 5.74) is 0.611. The number of benzene rings is 1. The van der Waals surface area contributed by atoms with E-state index in [1.807, 2.05) is 31.2 Å². The summed E-state index contributed by atoms with van der Waals surface area (Å²) in [4.78, 5) is 25.8. The van der Waals surface area contributed by atoms with Crippen molar-refractivity contribution in [2.45, 2.75) is 32.9 Å². The van der Waals surface area contributed by atoms with Gasteiger partial charge in [-0.25, -0.2) is 4.79 Å². The molecule has 0 unspecified atom stereocenters. The third-order valence-corrected chi connectivity index (χ3v) is 4.41. The molecule has 0 aliphatic carbocycles. The second kappa shape index (κ2) is 7.47. The fourth-order valence-electron chi connectivity index (χ4n) is 2.94. The van der Waals surface area contributed by atoms with E-state index in [0.29, 0.717) is 29.9 Å². The molecule has 2 aromatic heterocycles. The Labute approximate surface area is 150 Å². The van der Waals surface area contributed by atoms with Gasteiger partial charge in [0.1, 0.15) is 17.0 Å². The lowest BCUT2D eigenvalue weighted by molar-refractivity contribution is 0.414. The molecule has 0 atom stereocenters. The maximum absolute atomic E-state index is 13.0. The lowest BCUT2D eigenvalue weighted by Gasteiger charge is -2.12. The van der Waals surface area contributed by atoms with Gasteiger partial charge in [0.15, 0.2) is 5.65 Å². The van der Waals surface area contributed by atoms with E-state index < -0.39 is 0 Å². The largest absolute Gasteiger partial charge is 0.497 e. The van der Waals surface area contributed by atoms with Crippen LogP contribution in [-0.4, -0.2) is 33.5 Å². The first kappa shape index (κ1) is 17.8. The molecular weight excluding hydrogens is 334 g/mol. The van der Waals surface area contributed by atoms with Crippen LogP contribution >= 0.6 is 0 Å². The molecule has 2 N–H and O–H groups in total. The van der Waals surface area contributed by atoms with Crippen LogP contribution in [0.25, 0.3) is 11.0 Å². The molecule has 0 fully saturated rings. The first-order chi connectivity index (χ1) is 12.6. The summed E-state index contributed by atoms with van der Waals surface area (Å²) in [6, 6.07) is 7.47. The molecule has 3 rings (SSSR count). The van der Waals surface area contributed by atoms with E-state index in [-0.39, 0.29) is 11.2 Å². The summed E-state index contributed by atoms with van der Waals surface area (Å²) in [6.45, 7) is 2.73. The predicted octanol–water partition coefficient (Wildman–Crippen LogP) is 1.78. The van der Waals surface area contributed by atoms with Crippen molar-refractivity contribution >= 4 is 16.9 Å². The number of anilines is 1. The molecule has 0 radical (unpaired) electrons. The van der Waals surface area contributed by atoms with Gasteiger partial charge in [0.2, 0.25) is 0 Å². The standard InChI is InChI=1S/C18H23N5O3/c1-4-5-10-22-17(24)14-15(19-2)20-21-16(14)23(18(22)25)11-12-6-8-13(26-3)9-7-12/h6-9H,4-5,10-11H2,1-3H3,(H2,19,20,21). The van der Waals surface area contributed by atoms with Crippen LogP contribution in [0.1, 0.15) is 25.3 Å². The van der Waals surface area contributed by atoms with Crippen molar-refractivity contribution in [1.82, 2.24) is 19.3 Å². The first-order valence-corrected chi connectivity index (χ1v) is 8.63. The topological polar surface area (TPSA) is 93.9 Å². The van der Waals surface area contributed by atoms with Crippen molar-refractivity contribution in [3.63, 3.8) is 0 Å². The summed E-state index contributed by atoms with van der Waals surface area (Å²) >= 11 is 0. The number of hydrogen-bond acceptors (Lipinski definition) is 5. The quantitative estimate of drug-likeness (QED) is 0.672. The van der Waals surface area contributed by atoms with Crippen LogP contribution in [0.4, 0.5) is 5.82 Å². The normalized spacial score (nSPS) is 11.0. The zero-order chi connectivity index (χ0) is 18.7. The molecule has 0 saturated heterocycles. The zero-order valence-corrected chi connectivity index (χ0v) is 15.2. The van der Waals surface area contributed by atoms with Crippen LogP contribution in [-0.2, 0) is 13.1 Å². The number of ether oxygens (including phenoxy) is 1. The average Bonchev–Trinajstić information content (AvgIpc) is 3.10. The highest BCUT2D eigenvalue weighted by Gasteiger charge is 2.18. The van der Waals surface area contributed by atoms with E-state index in [4.69, 9.17) is 4.74 Å². The molecular formula is C18H23N5O3. The van der Waals surface area contributed by atoms with Gasteiger partial charge in [0.25, 0.3) is 5.56 Å². The van der Waals surface area contributed by atoms with Gasteiger partial charge in [-0.2, -0.15) is 5.10 Å². The Hall–Kier alpha value is -3.03. The summed E-state index contributed by atoms with van der Waals surface area (Å²) in [5, 5.41) is 10.3. The Balaban J connectivity index is 2.17. The van der Waals surface area contributed by atoms with Crippen molar-refractivity contribution in [2.75, 3.05) is 19.5 Å². The Morgan fingerprint density at radius 1 is 1.19 bits per heavy atom. The summed E-state index contributed by atoms with van der Waals surface area (Å²) in [5.74, 6) is 1.26. The molecule has 0 saturated carbocycles. The number of rotatable bonds is 7. The minimum absolute atomic E-state index is 0.317. The molecule has 0 amide bonds. The molecule has 0 aliphatic heterocycles. The minimum atomic E-state index is -0.346. The van der Waals surface area contributed by atoms with Gasteiger partial charge in [-0.05, 0) is 24.1 Å². The number of unbranched alkanes of at least 4 members (excludes halogenated alkanes) is 1. The van der Waals surface area contributed by atoms with Crippen LogP contribution in [0.2, 0.25) is 0 Å². The molecule has 8 heteroatoms. The van der Waals surface area contributed by atoms with E-state index in [9.17, 15) is 9.59 Å². The monoisotopic (exact) mass is 357 g/mol. The highest BCUT2D eigenvalue weighted by Crippen LogP contribution is 2.17. The first-order valence-electron chi connectivity index (χ1n) is 8.63. The molecule has 0 aliphatic rings. The third kappa shape index (κ3) is 3.10. The van der Waals surface area contributed by atoms with Crippen LogP contribution in [0.15, 0.2) is 33.9 Å². The van der Waals surface area contributed by atoms with Gasteiger partial charge in [0.05, 0.1) is 13.7 Å². The molecule has 0 bridgehead atoms. The van der Waals surface area contributed by atoms with Gasteiger partial charge < -0.3 is 10.1 Å². The summed E-state index contributed by atoms with van der Waals surface area (Å²) in [7, 11) is 3.32. The number of fused-ring (bicyclic) bond motifs is 1. The number of nitrogens with one attached hydrogen (secondary N) is 2. The third-order valence-electron chi connectivity index (χ3n) is 4.41. The lowest BCUT2D eigenvalue weighted by Crippen LogP contribution is -2.40. The highest BCUT2D eigenvalue weighted by molar-refractivity contribution is 5.86. The summed E-state index contributed by atoms with van der Waals surface area (Å²) in [6.07, 6.45) is 1.66. The van der Waals surface area contributed by atoms with Gasteiger partial charge >= 0.3 is 5.69 Å². The molecule has 3 aromatic rings. The van der Waals surface area contributed by atoms with E-state index in [2.05, 4.69) is 15.5 Å². The predicted molar refractivity (Wildman–Crippen MR) is 101 cm³/mol. The minimum Gasteiger partial charge on any atom is -0.497 e. The second-order valence-electron chi connectivity index (χ2n) is 6.07. The molecule has 26 heavy (non-hydrogen) atoms. The zero-order valence-electron chi connectivity index (χ0n) is 15.2. The van der Waals surface area contributed by atoms with E-state index in [0.717, 1.165) is 24.2 Å². The van der Waals surface area contributed by atoms with E-state index >= 15 is 0 Å². The number of aromatic nitrogens is 4. The fraction of sp³-hybridized carbons (Fsp3) is 0.389. The average molecular weight is 357 g/mol. The number of aromatic amines is 1. The van der Waals surface area contributed by atoms with Crippen LogP contribution < -0.4 is 21.3 Å². The Bertz CT molecular complexity index is 1010. The van der Waals surface area contributed by atoms with Crippen molar-refractivity contribution in [1.29, 1.82) is 0 Å². The number of methoxy groups -OCH3 is 1. The number of nitrogens with zero attached hydrogens (tertiary/aromatic N) is 3. The second-order valence-corrected chi connectivity index (χ2v) is 6.07. The van der Waals surface area contributed by atoms with Crippen molar-refractivity contribution < 1.29 is 4.74 Å². The summed E-state index contributed by atoms with van der Waals surface area (Å²) < 4.78 is 8.00. The van der Waals surface area contributed by atoms with Gasteiger partial charge in [-0.3, -0.25) is 19.0 Å². The van der Waals surface area contributed by atoms with Crippen molar-refractivity contribution in [3.8, 4) is 5.75 Å². The van der Waals surface area contributed by atoms with E-state index in [1.165, 1.54) is 9.13 Å². The SMILES string of the molecule is CCCCn1c(=O)c2c(NC)[nH]nc2n(Cc2ccc(OC)cc2)c1=O. The Kier molecular flexibility index (Phi) is 5.11. The lowest BCUT2D eigenvalue weighted by atomic mass is 10.2. The molecule has 138 valence electrons. The number of H-pyrrole nitrogens is 1. The van der Waals surface area contributed by atoms with Gasteiger partial charge in [-0.1, -0.05) is 25.5 Å². The molecule has 2 heterocycles. The van der Waals surface area contributed by atoms with Crippen LogP contribution in [0.3, 0.4) is 0 Å². The van der Waals surface area contributed by atoms with Crippen molar-refractivity contribution in [2.24, 2.45) is 0 Å². The highest BCUT2D eigenvalue weighted by atomic mass is 16.5. The van der Waals surface area contributed by atoms with Crippen LogP contribution in [0.5, 0.6) is 5.75 Å². The maximum Gasteiger partial charge on any atom is 0.333 e. The number of hydrogen-bond donors (Lipinski definition) is 2. The van der Waals surface area contributed by atoms with Crippen LogP contribution in [0, 0.1) is 0 Å². The van der Waals surface area contributed by atoms with E-state index in [1.54, 1.807) is 14.2 Å². The molecule has 8 nitrogen and oxygen atoms in total. The molecule has 1 aromatic carbocycles. The fourth-order valence-corrected chi connectivity index (χ4v) is 2.94. The molecule has 0 spiro atoms. The van der Waals surface area contributed by atoms with Gasteiger partial charge in [0, 0.05) is 13.6 Å².